The van der Waals surface area contributed by atoms with Gasteiger partial charge in [-0.1, -0.05) is 54.6 Å². The lowest BCUT2D eigenvalue weighted by atomic mass is 9.77. The maximum Gasteiger partial charge on any atom is 0.253 e. The van der Waals surface area contributed by atoms with E-state index in [2.05, 4.69) is 18.7 Å². The fourth-order valence-corrected chi connectivity index (χ4v) is 7.43. The van der Waals surface area contributed by atoms with Crippen molar-refractivity contribution in [1.29, 1.82) is 0 Å². The third-order valence-electron chi connectivity index (χ3n) is 9.56. The van der Waals surface area contributed by atoms with Gasteiger partial charge in [-0.2, -0.15) is 0 Å². The minimum Gasteiger partial charge on any atom is -0.396 e. The van der Waals surface area contributed by atoms with Crippen molar-refractivity contribution in [2.45, 2.75) is 51.0 Å². The van der Waals surface area contributed by atoms with Crippen LogP contribution >= 0.6 is 0 Å². The summed E-state index contributed by atoms with van der Waals surface area (Å²) in [6.07, 6.45) is 8.06. The molecule has 232 valence electrons. The largest absolute Gasteiger partial charge is 0.396 e. The van der Waals surface area contributed by atoms with Crippen LogP contribution < -0.4 is 9.80 Å². The predicted molar refractivity (Wildman–Crippen MR) is 169 cm³/mol. The second-order valence-corrected chi connectivity index (χ2v) is 12.0. The first-order valence-corrected chi connectivity index (χ1v) is 15.9. The molecule has 0 aromatic heterocycles. The van der Waals surface area contributed by atoms with Gasteiger partial charge in [-0.15, -0.1) is 0 Å². The van der Waals surface area contributed by atoms with Crippen LogP contribution in [0.25, 0.3) is 0 Å². The number of aliphatic hydroxyl groups excluding tert-OH is 1. The molecule has 0 radical (unpaired) electrons. The van der Waals surface area contributed by atoms with Crippen LogP contribution in [0.1, 0.15) is 32.3 Å². The average molecular weight is 599 g/mol. The van der Waals surface area contributed by atoms with E-state index in [4.69, 9.17) is 4.74 Å². The first-order valence-electron chi connectivity index (χ1n) is 15.9. The second-order valence-electron chi connectivity index (χ2n) is 12.0. The van der Waals surface area contributed by atoms with Crippen LogP contribution in [-0.2, 0) is 25.7 Å². The number of likely N-dealkylation sites (tertiary alicyclic amines) is 1. The summed E-state index contributed by atoms with van der Waals surface area (Å²) in [6, 6.07) is 16.9. The Balaban J connectivity index is 1.35. The molecule has 2 saturated heterocycles. The molecule has 2 aromatic carbocycles. The standard InChI is InChI=1S/C35H42N4O5/c1-3-36(4-2)26-15-17-27(18-16-26)38-22-11-19-35-30(33(42)39(21-8-9-23-40)31(35)34(38)43)29-28(44-35)14-10-20-37(32(29)41)24-25-12-6-5-7-13-25/h5-7,10-19,28-31,40H,3-4,8-9,20-24H2,1-2H3/t28-,29+,30-,31?,35-/m0/s1. The van der Waals surface area contributed by atoms with E-state index in [1.54, 1.807) is 14.7 Å². The number of carbonyl (C=O) groups excluding carboxylic acids is 3. The molecule has 1 spiro atoms. The van der Waals surface area contributed by atoms with Gasteiger partial charge in [0.05, 0.1) is 17.9 Å². The van der Waals surface area contributed by atoms with Crippen LogP contribution in [-0.4, -0.2) is 89.7 Å². The zero-order valence-corrected chi connectivity index (χ0v) is 25.5. The Kier molecular flexibility index (Phi) is 8.60. The Morgan fingerprint density at radius 1 is 0.909 bits per heavy atom. The predicted octanol–water partition coefficient (Wildman–Crippen LogP) is 3.39. The molecule has 1 unspecified atom stereocenters. The number of hydrogen-bond donors (Lipinski definition) is 1. The molecule has 1 N–H and O–H groups in total. The molecule has 0 aliphatic carbocycles. The van der Waals surface area contributed by atoms with E-state index < -0.39 is 29.6 Å². The number of benzene rings is 2. The minimum absolute atomic E-state index is 0.000938. The van der Waals surface area contributed by atoms with E-state index in [0.717, 1.165) is 30.0 Å². The molecule has 4 aliphatic heterocycles. The van der Waals surface area contributed by atoms with Gasteiger partial charge in [-0.25, -0.2) is 0 Å². The molecular formula is C35H42N4O5. The zero-order valence-electron chi connectivity index (χ0n) is 25.5. The highest BCUT2D eigenvalue weighted by Crippen LogP contribution is 2.53. The molecule has 0 saturated carbocycles. The fourth-order valence-electron chi connectivity index (χ4n) is 7.43. The van der Waals surface area contributed by atoms with E-state index in [1.165, 1.54) is 0 Å². The topological polar surface area (TPSA) is 93.6 Å². The third-order valence-corrected chi connectivity index (χ3v) is 9.56. The number of unbranched alkanes of at least 4 members (excludes halogenated alkanes) is 1. The summed E-state index contributed by atoms with van der Waals surface area (Å²) in [5.74, 6) is -2.16. The lowest BCUT2D eigenvalue weighted by Gasteiger charge is -2.35. The summed E-state index contributed by atoms with van der Waals surface area (Å²) < 4.78 is 6.76. The van der Waals surface area contributed by atoms with Crippen molar-refractivity contribution in [2.24, 2.45) is 11.8 Å². The summed E-state index contributed by atoms with van der Waals surface area (Å²) in [7, 11) is 0. The van der Waals surface area contributed by atoms with Crippen LogP contribution in [0.2, 0.25) is 0 Å². The SMILES string of the molecule is CCN(CC)c1ccc(N2CC=C[C@]34O[C@H]5C=CCN(Cc6ccccc6)C(=O)[C@H]5[C@H]3C(=O)N(CCCCO)C4C2=O)cc1. The molecule has 3 amide bonds. The van der Waals surface area contributed by atoms with E-state index in [-0.39, 0.29) is 24.3 Å². The van der Waals surface area contributed by atoms with E-state index >= 15 is 0 Å². The first-order chi connectivity index (χ1) is 21.4. The van der Waals surface area contributed by atoms with Crippen molar-refractivity contribution in [3.8, 4) is 0 Å². The van der Waals surface area contributed by atoms with Gasteiger partial charge in [-0.3, -0.25) is 14.4 Å². The van der Waals surface area contributed by atoms with Crippen LogP contribution in [0, 0.1) is 11.8 Å². The summed E-state index contributed by atoms with van der Waals surface area (Å²) in [5, 5.41) is 9.48. The van der Waals surface area contributed by atoms with Crippen molar-refractivity contribution in [1.82, 2.24) is 9.80 Å². The van der Waals surface area contributed by atoms with Crippen molar-refractivity contribution >= 4 is 29.1 Å². The molecule has 6 rings (SSSR count). The van der Waals surface area contributed by atoms with Gasteiger partial charge in [0.2, 0.25) is 11.8 Å². The highest BCUT2D eigenvalue weighted by Gasteiger charge is 2.71. The van der Waals surface area contributed by atoms with Gasteiger partial charge in [0.15, 0.2) is 0 Å². The molecule has 2 aromatic rings. The van der Waals surface area contributed by atoms with Gasteiger partial charge in [-0.05, 0) is 56.5 Å². The third kappa shape index (κ3) is 5.12. The maximum absolute atomic E-state index is 14.6. The number of hydrogen-bond acceptors (Lipinski definition) is 6. The number of nitrogens with zero attached hydrogens (tertiary/aromatic N) is 4. The highest BCUT2D eigenvalue weighted by molar-refractivity contribution is 6.05. The number of aliphatic hydroxyl groups is 1. The maximum atomic E-state index is 14.6. The monoisotopic (exact) mass is 598 g/mol. The quantitative estimate of drug-likeness (QED) is 0.333. The molecule has 9 nitrogen and oxygen atoms in total. The second kappa shape index (κ2) is 12.6. The van der Waals surface area contributed by atoms with E-state index in [9.17, 15) is 19.5 Å². The number of ether oxygens (including phenoxy) is 1. The minimum atomic E-state index is -1.27. The Morgan fingerprint density at radius 2 is 1.66 bits per heavy atom. The Bertz CT molecular complexity index is 1420. The average Bonchev–Trinajstić information content (AvgIpc) is 3.35. The number of anilines is 2. The summed E-state index contributed by atoms with van der Waals surface area (Å²) in [6.45, 7) is 7.47. The van der Waals surface area contributed by atoms with Crippen molar-refractivity contribution in [3.05, 3.63) is 84.5 Å². The van der Waals surface area contributed by atoms with Crippen LogP contribution in [0.3, 0.4) is 0 Å². The van der Waals surface area contributed by atoms with Crippen LogP contribution in [0.5, 0.6) is 0 Å². The smallest absolute Gasteiger partial charge is 0.253 e. The number of fused-ring (bicyclic) bond motifs is 2. The van der Waals surface area contributed by atoms with Crippen LogP contribution in [0.15, 0.2) is 78.9 Å². The Labute approximate surface area is 259 Å². The van der Waals surface area contributed by atoms with Crippen molar-refractivity contribution in [3.63, 3.8) is 0 Å². The molecule has 9 heteroatoms. The fraction of sp³-hybridized carbons (Fsp3) is 0.457. The molecule has 44 heavy (non-hydrogen) atoms. The lowest BCUT2D eigenvalue weighted by molar-refractivity contribution is -0.144. The number of amides is 3. The van der Waals surface area contributed by atoms with Gasteiger partial charge < -0.3 is 29.4 Å². The normalized spacial score (nSPS) is 27.7. The molecule has 5 atom stereocenters. The molecular weight excluding hydrogens is 556 g/mol. The first kappa shape index (κ1) is 30.1. The summed E-state index contributed by atoms with van der Waals surface area (Å²) >= 11 is 0. The molecule has 2 fully saturated rings. The lowest BCUT2D eigenvalue weighted by Crippen LogP contribution is -2.55. The Hall–Kier alpha value is -3.95. The van der Waals surface area contributed by atoms with E-state index in [0.29, 0.717) is 39.0 Å². The van der Waals surface area contributed by atoms with Crippen molar-refractivity contribution < 1.29 is 24.2 Å². The zero-order chi connectivity index (χ0) is 30.8. The molecule has 0 bridgehead atoms. The molecule has 4 heterocycles. The highest BCUT2D eigenvalue weighted by atomic mass is 16.5. The van der Waals surface area contributed by atoms with Gasteiger partial charge in [0, 0.05) is 57.3 Å². The van der Waals surface area contributed by atoms with Gasteiger partial charge in [0.1, 0.15) is 11.6 Å². The summed E-state index contributed by atoms with van der Waals surface area (Å²) in [4.78, 5) is 50.6. The Morgan fingerprint density at radius 3 is 2.36 bits per heavy atom. The number of carbonyl (C=O) groups is 3. The van der Waals surface area contributed by atoms with Crippen molar-refractivity contribution in [2.75, 3.05) is 49.1 Å². The van der Waals surface area contributed by atoms with Crippen LogP contribution in [0.4, 0.5) is 11.4 Å². The number of rotatable bonds is 10. The van der Waals surface area contributed by atoms with Gasteiger partial charge in [0.25, 0.3) is 5.91 Å². The van der Waals surface area contributed by atoms with Gasteiger partial charge >= 0.3 is 0 Å². The van der Waals surface area contributed by atoms with E-state index in [1.807, 2.05) is 78.9 Å². The summed E-state index contributed by atoms with van der Waals surface area (Å²) in [5.41, 5.74) is 1.57. The molecule has 4 aliphatic rings.